The molecule has 4 heterocycles. The lowest BCUT2D eigenvalue weighted by atomic mass is 9.90. The molecular formula is C41H63N5O5Si. The Bertz CT molecular complexity index is 1600. The minimum atomic E-state index is -1.28. The van der Waals surface area contributed by atoms with Gasteiger partial charge in [0.2, 0.25) is 5.91 Å². The molecule has 3 aliphatic heterocycles. The van der Waals surface area contributed by atoms with Crippen LogP contribution in [0.1, 0.15) is 133 Å². The molecule has 1 aromatic carbocycles. The second-order valence-corrected chi connectivity index (χ2v) is 23.7. The van der Waals surface area contributed by atoms with Crippen molar-refractivity contribution in [3.05, 3.63) is 41.3 Å². The molecule has 2 amide bonds. The summed E-state index contributed by atoms with van der Waals surface area (Å²) in [7, 11) is -1.28. The van der Waals surface area contributed by atoms with Crippen molar-refractivity contribution in [1.82, 2.24) is 25.1 Å². The molecule has 3 fully saturated rings. The van der Waals surface area contributed by atoms with E-state index in [0.29, 0.717) is 57.1 Å². The Hall–Kier alpha value is -3.02. The molecule has 11 heteroatoms. The summed E-state index contributed by atoms with van der Waals surface area (Å²) in [5.41, 5.74) is 4.36. The number of imidazole rings is 1. The molecule has 286 valence electrons. The number of rotatable bonds is 16. The highest BCUT2D eigenvalue weighted by atomic mass is 28.3. The van der Waals surface area contributed by atoms with Crippen molar-refractivity contribution in [3.8, 4) is 11.3 Å². The van der Waals surface area contributed by atoms with E-state index in [0.717, 1.165) is 68.1 Å². The van der Waals surface area contributed by atoms with Gasteiger partial charge in [-0.15, -0.1) is 0 Å². The van der Waals surface area contributed by atoms with Gasteiger partial charge in [0.1, 0.15) is 23.9 Å². The number of hydrogen-bond donors (Lipinski definition) is 2. The summed E-state index contributed by atoms with van der Waals surface area (Å²) in [5.74, 6) is 1.13. The number of amides is 2. The molecule has 4 aliphatic rings. The third-order valence-corrected chi connectivity index (χ3v) is 13.5. The van der Waals surface area contributed by atoms with Crippen LogP contribution in [0, 0.1) is 11.3 Å². The number of nitrogens with one attached hydrogen (secondary N) is 2. The van der Waals surface area contributed by atoms with Crippen LogP contribution in [-0.2, 0) is 25.8 Å². The van der Waals surface area contributed by atoms with Crippen molar-refractivity contribution in [2.45, 2.75) is 154 Å². The van der Waals surface area contributed by atoms with E-state index in [1.807, 2.05) is 33.9 Å². The van der Waals surface area contributed by atoms with Crippen LogP contribution >= 0.6 is 0 Å². The number of Topliss-reactive ketones (excluding diaryl/α,β-unsaturated/α-hetero) is 1. The Balaban J connectivity index is 1.20. The Morgan fingerprint density at radius 2 is 1.79 bits per heavy atom. The maximum atomic E-state index is 14.1. The van der Waals surface area contributed by atoms with Crippen molar-refractivity contribution in [2.24, 2.45) is 11.3 Å². The third kappa shape index (κ3) is 9.19. The van der Waals surface area contributed by atoms with Gasteiger partial charge in [-0.25, -0.2) is 9.78 Å². The van der Waals surface area contributed by atoms with E-state index in [2.05, 4.69) is 53.0 Å². The highest BCUT2D eigenvalue weighted by Crippen LogP contribution is 2.59. The zero-order valence-electron chi connectivity index (χ0n) is 32.8. The van der Waals surface area contributed by atoms with Crippen LogP contribution in [-0.4, -0.2) is 65.6 Å². The number of nitrogens with zero attached hydrogens (tertiary/aromatic N) is 3. The summed E-state index contributed by atoms with van der Waals surface area (Å²) >= 11 is 0. The molecule has 1 aliphatic carbocycles. The first-order valence-corrected chi connectivity index (χ1v) is 23.7. The van der Waals surface area contributed by atoms with E-state index < -0.39 is 13.7 Å². The lowest BCUT2D eigenvalue weighted by molar-refractivity contribution is -0.124. The van der Waals surface area contributed by atoms with Gasteiger partial charge in [-0.05, 0) is 94.4 Å². The Morgan fingerprint density at radius 1 is 1.06 bits per heavy atom. The molecule has 2 aromatic rings. The van der Waals surface area contributed by atoms with E-state index in [1.165, 1.54) is 24.0 Å². The van der Waals surface area contributed by atoms with Gasteiger partial charge in [0.25, 0.3) is 0 Å². The van der Waals surface area contributed by atoms with Crippen LogP contribution in [0.4, 0.5) is 4.79 Å². The fraction of sp³-hybridized carbons (Fsp3) is 0.707. The van der Waals surface area contributed by atoms with Crippen LogP contribution < -0.4 is 10.6 Å². The summed E-state index contributed by atoms with van der Waals surface area (Å²) in [4.78, 5) is 45.7. The van der Waals surface area contributed by atoms with Gasteiger partial charge < -0.3 is 29.6 Å². The monoisotopic (exact) mass is 733 g/mol. The number of benzene rings is 1. The Morgan fingerprint density at radius 3 is 2.48 bits per heavy atom. The first-order valence-electron chi connectivity index (χ1n) is 20.0. The zero-order valence-corrected chi connectivity index (χ0v) is 33.8. The van der Waals surface area contributed by atoms with Gasteiger partial charge in [-0.1, -0.05) is 51.5 Å². The molecule has 0 radical (unpaired) electrons. The van der Waals surface area contributed by atoms with Crippen molar-refractivity contribution in [1.29, 1.82) is 0 Å². The molecule has 2 bridgehead atoms. The molecule has 6 rings (SSSR count). The van der Waals surface area contributed by atoms with Crippen LogP contribution in [0.2, 0.25) is 25.7 Å². The van der Waals surface area contributed by atoms with Crippen molar-refractivity contribution in [3.63, 3.8) is 0 Å². The van der Waals surface area contributed by atoms with Gasteiger partial charge in [0.05, 0.1) is 17.9 Å². The summed E-state index contributed by atoms with van der Waals surface area (Å²) in [6.45, 7) is 17.0. The number of aromatic nitrogens is 2. The predicted octanol–water partition coefficient (Wildman–Crippen LogP) is 8.47. The van der Waals surface area contributed by atoms with E-state index >= 15 is 0 Å². The molecule has 2 saturated heterocycles. The van der Waals surface area contributed by atoms with Crippen LogP contribution in [0.25, 0.3) is 11.3 Å². The van der Waals surface area contributed by atoms with E-state index in [-0.39, 0.29) is 29.4 Å². The average molecular weight is 734 g/mol. The number of ketones is 1. The summed E-state index contributed by atoms with van der Waals surface area (Å²) in [6, 6.07) is 8.50. The van der Waals surface area contributed by atoms with E-state index in [4.69, 9.17) is 14.5 Å². The second kappa shape index (κ2) is 15.8. The molecule has 52 heavy (non-hydrogen) atoms. The summed E-state index contributed by atoms with van der Waals surface area (Å²) < 4.78 is 14.2. The van der Waals surface area contributed by atoms with Crippen LogP contribution in [0.15, 0.2) is 24.4 Å². The first-order chi connectivity index (χ1) is 24.7. The maximum Gasteiger partial charge on any atom is 0.410 e. The number of carbonyl (C=O) groups excluding carboxylic acids is 3. The molecule has 4 atom stereocenters. The number of carbonyl (C=O) groups is 3. The quantitative estimate of drug-likeness (QED) is 0.131. The van der Waals surface area contributed by atoms with E-state index in [9.17, 15) is 14.4 Å². The Kier molecular flexibility index (Phi) is 11.7. The number of unbranched alkanes of at least 4 members (excludes halogenated alkanes) is 2. The summed E-state index contributed by atoms with van der Waals surface area (Å²) in [6.07, 6.45) is 11.1. The maximum absolute atomic E-state index is 14.1. The smallest absolute Gasteiger partial charge is 0.410 e. The van der Waals surface area contributed by atoms with Gasteiger partial charge >= 0.3 is 6.09 Å². The van der Waals surface area contributed by atoms with Crippen molar-refractivity contribution in [2.75, 3.05) is 19.7 Å². The topological polar surface area (TPSA) is 115 Å². The van der Waals surface area contributed by atoms with Crippen LogP contribution in [0.3, 0.4) is 0 Å². The molecule has 1 saturated carbocycles. The number of likely N-dealkylation sites (tertiary alicyclic amines) is 1. The van der Waals surface area contributed by atoms with Gasteiger partial charge in [-0.3, -0.25) is 9.59 Å². The van der Waals surface area contributed by atoms with E-state index in [1.54, 1.807) is 4.90 Å². The normalized spacial score (nSPS) is 22.4. The summed E-state index contributed by atoms with van der Waals surface area (Å²) in [5, 5.41) is 7.23. The highest BCUT2D eigenvalue weighted by Gasteiger charge is 2.59. The SMILES string of the molecule is CCC(=O)CCCCC[C@H](NC(=O)[C@H]1CC12CCN(C(=O)OC(C)(C)C)CC2)c1ncc(-c2ccc3c(c2)C2CCC3N2)n1COCC[Si](C)(C)C. The molecule has 1 aromatic heterocycles. The molecule has 2 N–H and O–H groups in total. The molecule has 10 nitrogen and oxygen atoms in total. The highest BCUT2D eigenvalue weighted by molar-refractivity contribution is 6.76. The number of piperidine rings is 1. The number of hydrogen-bond acceptors (Lipinski definition) is 7. The largest absolute Gasteiger partial charge is 0.444 e. The van der Waals surface area contributed by atoms with Gasteiger partial charge in [0.15, 0.2) is 0 Å². The van der Waals surface area contributed by atoms with Crippen molar-refractivity contribution < 1.29 is 23.9 Å². The minimum Gasteiger partial charge on any atom is -0.444 e. The zero-order chi connectivity index (χ0) is 37.3. The van der Waals surface area contributed by atoms with Gasteiger partial charge in [0, 0.05) is 64.2 Å². The fourth-order valence-corrected chi connectivity index (χ4v) is 9.21. The molecular weight excluding hydrogens is 671 g/mol. The molecule has 2 unspecified atom stereocenters. The Labute approximate surface area is 312 Å². The lowest BCUT2D eigenvalue weighted by Gasteiger charge is -2.34. The lowest BCUT2D eigenvalue weighted by Crippen LogP contribution is -2.43. The third-order valence-electron chi connectivity index (χ3n) is 11.8. The van der Waals surface area contributed by atoms with Crippen molar-refractivity contribution >= 4 is 25.9 Å². The molecule has 1 spiro atoms. The van der Waals surface area contributed by atoms with Gasteiger partial charge in [-0.2, -0.15) is 0 Å². The number of fused-ring (bicyclic) bond motifs is 5. The minimum absolute atomic E-state index is 0.0635. The predicted molar refractivity (Wildman–Crippen MR) is 206 cm³/mol. The standard InChI is InChI=1S/C41H63N5O5Si/c1-8-29(47)12-10-9-11-13-35(44-38(48)32-25-41(32)18-20-45(21-19-41)39(49)51-40(2,3)4)37-42-26-36(46(37)27-50-22-23-52(5,6)7)28-14-15-30-31(24-28)34-17-16-33(30)43-34/h14-15,24,26,32-35,43H,8-13,16-23,25,27H2,1-7H3,(H,44,48)/t32-,33?,34?,35+/m1/s1. The first kappa shape index (κ1) is 38.7. The second-order valence-electron chi connectivity index (χ2n) is 18.1. The average Bonchev–Trinajstić information content (AvgIpc) is 3.43. The number of ether oxygens (including phenoxy) is 2. The fourth-order valence-electron chi connectivity index (χ4n) is 8.45. The van der Waals surface area contributed by atoms with Crippen LogP contribution in [0.5, 0.6) is 0 Å².